The Labute approximate surface area is 186 Å². The number of hydrogen-bond acceptors (Lipinski definition) is 5. The van der Waals surface area contributed by atoms with E-state index >= 15 is 0 Å². The number of ether oxygens (including phenoxy) is 2. The normalized spacial score (nSPS) is 16.8. The molecule has 2 aliphatic rings. The van der Waals surface area contributed by atoms with Crippen molar-refractivity contribution in [2.24, 2.45) is 0 Å². The highest BCUT2D eigenvalue weighted by Gasteiger charge is 2.44. The third-order valence-electron chi connectivity index (χ3n) is 6.71. The van der Waals surface area contributed by atoms with Crippen LogP contribution >= 0.6 is 0 Å². The predicted molar refractivity (Wildman–Crippen MR) is 121 cm³/mol. The van der Waals surface area contributed by atoms with E-state index in [9.17, 15) is 9.59 Å². The van der Waals surface area contributed by atoms with Crippen molar-refractivity contribution in [1.29, 1.82) is 0 Å². The van der Waals surface area contributed by atoms with Gasteiger partial charge in [-0.2, -0.15) is 0 Å². The minimum Gasteiger partial charge on any atom is -0.454 e. The first-order valence-corrected chi connectivity index (χ1v) is 11.3. The number of rotatable bonds is 5. The largest absolute Gasteiger partial charge is 0.454 e. The Morgan fingerprint density at radius 3 is 2.69 bits per heavy atom. The first kappa shape index (κ1) is 20.5. The number of carbonyl (C=O) groups is 1. The quantitative estimate of drug-likeness (QED) is 0.660. The Kier molecular flexibility index (Phi) is 5.33. The molecule has 0 unspecified atom stereocenters. The standard InChI is InChI=1S/C25H27N3O4/c1-2-28(15-22-26-19-9-5-4-8-18(19)23(29)27-22)24(30)25(12-6-3-7-13-25)17-10-11-20-21(14-17)32-16-31-20/h4-5,8-11,14H,2-3,6-7,12-13,15-16H2,1H3,(H,26,27,29). The van der Waals surface area contributed by atoms with E-state index < -0.39 is 5.41 Å². The molecule has 0 radical (unpaired) electrons. The number of aromatic nitrogens is 2. The Morgan fingerprint density at radius 2 is 1.88 bits per heavy atom. The lowest BCUT2D eigenvalue weighted by atomic mass is 9.68. The molecule has 1 N–H and O–H groups in total. The zero-order valence-corrected chi connectivity index (χ0v) is 18.2. The van der Waals surface area contributed by atoms with Crippen LogP contribution < -0.4 is 15.0 Å². The van der Waals surface area contributed by atoms with Crippen LogP contribution in [0.4, 0.5) is 0 Å². The summed E-state index contributed by atoms with van der Waals surface area (Å²) in [5.74, 6) is 2.00. The van der Waals surface area contributed by atoms with Gasteiger partial charge in [0.25, 0.3) is 5.56 Å². The van der Waals surface area contributed by atoms with E-state index in [0.29, 0.717) is 29.0 Å². The molecule has 1 fully saturated rings. The van der Waals surface area contributed by atoms with Gasteiger partial charge < -0.3 is 19.4 Å². The predicted octanol–water partition coefficient (Wildman–Crippen LogP) is 3.90. The molecular weight excluding hydrogens is 406 g/mol. The van der Waals surface area contributed by atoms with E-state index in [0.717, 1.165) is 43.4 Å². The summed E-state index contributed by atoms with van der Waals surface area (Å²) in [5.41, 5.74) is 0.826. The highest BCUT2D eigenvalue weighted by Crippen LogP contribution is 2.44. The Balaban J connectivity index is 1.49. The topological polar surface area (TPSA) is 84.5 Å². The van der Waals surface area contributed by atoms with Gasteiger partial charge in [-0.1, -0.05) is 37.5 Å². The second-order valence-electron chi connectivity index (χ2n) is 8.56. The molecule has 7 nitrogen and oxygen atoms in total. The smallest absolute Gasteiger partial charge is 0.258 e. The van der Waals surface area contributed by atoms with Gasteiger partial charge in [-0.25, -0.2) is 4.98 Å². The summed E-state index contributed by atoms with van der Waals surface area (Å²) < 4.78 is 11.1. The minimum absolute atomic E-state index is 0.0781. The van der Waals surface area contributed by atoms with Gasteiger partial charge >= 0.3 is 0 Å². The Morgan fingerprint density at radius 1 is 1.09 bits per heavy atom. The van der Waals surface area contributed by atoms with Crippen LogP contribution in [-0.4, -0.2) is 34.1 Å². The summed E-state index contributed by atoms with van der Waals surface area (Å²) in [5, 5.41) is 0.551. The van der Waals surface area contributed by atoms with E-state index in [-0.39, 0.29) is 24.8 Å². The molecular formula is C25H27N3O4. The number of aromatic amines is 1. The van der Waals surface area contributed by atoms with E-state index in [2.05, 4.69) is 9.97 Å². The minimum atomic E-state index is -0.605. The van der Waals surface area contributed by atoms with Crippen molar-refractivity contribution in [3.8, 4) is 11.5 Å². The van der Waals surface area contributed by atoms with Gasteiger partial charge in [0.15, 0.2) is 11.5 Å². The number of hydrogen-bond donors (Lipinski definition) is 1. The number of nitrogens with zero attached hydrogens (tertiary/aromatic N) is 2. The number of carbonyl (C=O) groups excluding carboxylic acids is 1. The van der Waals surface area contributed by atoms with Crippen molar-refractivity contribution < 1.29 is 14.3 Å². The molecule has 0 spiro atoms. The summed E-state index contributed by atoms with van der Waals surface area (Å²) in [4.78, 5) is 35.8. The molecule has 3 aromatic rings. The molecule has 1 aliphatic heterocycles. The lowest BCUT2D eigenvalue weighted by molar-refractivity contribution is -0.139. The van der Waals surface area contributed by atoms with Gasteiger partial charge in [0.2, 0.25) is 12.7 Å². The maximum Gasteiger partial charge on any atom is 0.258 e. The highest BCUT2D eigenvalue weighted by molar-refractivity contribution is 5.88. The second kappa shape index (κ2) is 8.30. The van der Waals surface area contributed by atoms with Crippen molar-refractivity contribution in [1.82, 2.24) is 14.9 Å². The maximum absolute atomic E-state index is 14.0. The average molecular weight is 434 g/mol. The van der Waals surface area contributed by atoms with Crippen LogP contribution in [0.2, 0.25) is 0 Å². The van der Waals surface area contributed by atoms with E-state index in [1.54, 1.807) is 6.07 Å². The summed E-state index contributed by atoms with van der Waals surface area (Å²) >= 11 is 0. The number of amides is 1. The van der Waals surface area contributed by atoms with E-state index in [1.165, 1.54) is 0 Å². The number of H-pyrrole nitrogens is 1. The molecule has 1 aromatic heterocycles. The second-order valence-corrected chi connectivity index (χ2v) is 8.56. The Hall–Kier alpha value is -3.35. The number of para-hydroxylation sites is 1. The summed E-state index contributed by atoms with van der Waals surface area (Å²) in [7, 11) is 0. The molecule has 0 bridgehead atoms. The monoisotopic (exact) mass is 433 g/mol. The third-order valence-corrected chi connectivity index (χ3v) is 6.71. The van der Waals surface area contributed by atoms with Crippen molar-refractivity contribution in [3.05, 3.63) is 64.2 Å². The Bertz CT molecular complexity index is 1210. The fraction of sp³-hybridized carbons (Fsp3) is 0.400. The van der Waals surface area contributed by atoms with Crippen LogP contribution in [0.1, 0.15) is 50.4 Å². The molecule has 1 amide bonds. The molecule has 0 atom stereocenters. The molecule has 0 saturated heterocycles. The molecule has 2 heterocycles. The van der Waals surface area contributed by atoms with Crippen LogP contribution in [0.25, 0.3) is 10.9 Å². The van der Waals surface area contributed by atoms with Gasteiger partial charge in [0.1, 0.15) is 5.82 Å². The van der Waals surface area contributed by atoms with Crippen LogP contribution in [0, 0.1) is 0 Å². The molecule has 5 rings (SSSR count). The van der Waals surface area contributed by atoms with Gasteiger partial charge in [0, 0.05) is 6.54 Å². The lowest BCUT2D eigenvalue weighted by Crippen LogP contribution is -2.48. The van der Waals surface area contributed by atoms with Crippen LogP contribution in [-0.2, 0) is 16.8 Å². The SMILES string of the molecule is CCN(Cc1nc2ccccc2c(=O)[nH]1)C(=O)C1(c2ccc3c(c2)OCO3)CCCCC1. The molecule has 32 heavy (non-hydrogen) atoms. The summed E-state index contributed by atoms with van der Waals surface area (Å²) in [6.45, 7) is 2.97. The third kappa shape index (κ3) is 3.51. The van der Waals surface area contributed by atoms with Crippen molar-refractivity contribution >= 4 is 16.8 Å². The first-order chi connectivity index (χ1) is 15.6. The number of likely N-dealkylation sites (N-methyl/N-ethyl adjacent to an activating group) is 1. The summed E-state index contributed by atoms with van der Waals surface area (Å²) in [6.07, 6.45) is 4.73. The molecule has 7 heteroatoms. The van der Waals surface area contributed by atoms with Crippen molar-refractivity contribution in [2.75, 3.05) is 13.3 Å². The zero-order chi connectivity index (χ0) is 22.1. The van der Waals surface area contributed by atoms with E-state index in [4.69, 9.17) is 9.47 Å². The van der Waals surface area contributed by atoms with Crippen molar-refractivity contribution in [3.63, 3.8) is 0 Å². The van der Waals surface area contributed by atoms with E-state index in [1.807, 2.05) is 48.2 Å². The van der Waals surface area contributed by atoms with Gasteiger partial charge in [-0.05, 0) is 49.6 Å². The zero-order valence-electron chi connectivity index (χ0n) is 18.2. The number of fused-ring (bicyclic) bond motifs is 2. The summed E-state index contributed by atoms with van der Waals surface area (Å²) in [6, 6.07) is 13.1. The first-order valence-electron chi connectivity index (χ1n) is 11.3. The number of benzene rings is 2. The van der Waals surface area contributed by atoms with Crippen LogP contribution in [0.3, 0.4) is 0 Å². The van der Waals surface area contributed by atoms with Gasteiger partial charge in [-0.15, -0.1) is 0 Å². The fourth-order valence-corrected chi connectivity index (χ4v) is 5.00. The maximum atomic E-state index is 14.0. The fourth-order valence-electron chi connectivity index (χ4n) is 5.00. The molecule has 166 valence electrons. The van der Waals surface area contributed by atoms with Crippen LogP contribution in [0.15, 0.2) is 47.3 Å². The van der Waals surface area contributed by atoms with Gasteiger partial charge in [0.05, 0.1) is 22.9 Å². The average Bonchev–Trinajstić information content (AvgIpc) is 3.31. The highest BCUT2D eigenvalue weighted by atomic mass is 16.7. The molecule has 1 saturated carbocycles. The molecule has 2 aromatic carbocycles. The van der Waals surface area contributed by atoms with Gasteiger partial charge in [-0.3, -0.25) is 9.59 Å². The van der Waals surface area contributed by atoms with Crippen molar-refractivity contribution in [2.45, 2.75) is 51.0 Å². The molecule has 1 aliphatic carbocycles. The van der Waals surface area contributed by atoms with Crippen LogP contribution in [0.5, 0.6) is 11.5 Å². The number of nitrogens with one attached hydrogen (secondary N) is 1. The lowest BCUT2D eigenvalue weighted by Gasteiger charge is -2.40.